The molecule has 0 bridgehead atoms. The van der Waals surface area contributed by atoms with Crippen molar-refractivity contribution in [2.24, 2.45) is 0 Å². The van der Waals surface area contributed by atoms with Crippen LogP contribution in [0.25, 0.3) is 11.0 Å². The van der Waals surface area contributed by atoms with Crippen molar-refractivity contribution in [3.8, 4) is 11.5 Å². The Bertz CT molecular complexity index is 1090. The number of hydrogen-bond acceptors (Lipinski definition) is 6. The molecule has 8 nitrogen and oxygen atoms in total. The number of rotatable bonds is 7. The molecule has 0 fully saturated rings. The number of likely N-dealkylation sites (N-methyl/N-ethyl adjacent to an activating group) is 1. The predicted octanol–water partition coefficient (Wildman–Crippen LogP) is 2.28. The zero-order valence-corrected chi connectivity index (χ0v) is 16.0. The fourth-order valence-electron chi connectivity index (χ4n) is 2.59. The first-order chi connectivity index (χ1) is 13.9. The van der Waals surface area contributed by atoms with Crippen LogP contribution in [-0.2, 0) is 9.59 Å². The van der Waals surface area contributed by atoms with Gasteiger partial charge in [-0.05, 0) is 30.3 Å². The Morgan fingerprint density at radius 1 is 1.07 bits per heavy atom. The van der Waals surface area contributed by atoms with Crippen molar-refractivity contribution in [3.63, 3.8) is 0 Å². The number of anilines is 1. The summed E-state index contributed by atoms with van der Waals surface area (Å²) in [6.45, 7) is -0.391. The summed E-state index contributed by atoms with van der Waals surface area (Å²) in [5.74, 6) is 0.281. The molecule has 1 heterocycles. The SMILES string of the molecule is COc1cccc(NC(=O)CN(C)C(=O)COc2ccc3ccc(=O)oc3c2)c1. The highest BCUT2D eigenvalue weighted by molar-refractivity contribution is 5.94. The number of ether oxygens (including phenoxy) is 2. The zero-order chi connectivity index (χ0) is 20.8. The summed E-state index contributed by atoms with van der Waals surface area (Å²) >= 11 is 0. The van der Waals surface area contributed by atoms with Crippen LogP contribution in [0.2, 0.25) is 0 Å². The molecule has 0 radical (unpaired) electrons. The summed E-state index contributed by atoms with van der Waals surface area (Å²) < 4.78 is 15.7. The second-order valence-corrected chi connectivity index (χ2v) is 6.27. The second kappa shape index (κ2) is 8.92. The van der Waals surface area contributed by atoms with Gasteiger partial charge in [-0.2, -0.15) is 0 Å². The summed E-state index contributed by atoms with van der Waals surface area (Å²) in [6.07, 6.45) is 0. The minimum Gasteiger partial charge on any atom is -0.497 e. The van der Waals surface area contributed by atoms with Crippen molar-refractivity contribution >= 4 is 28.5 Å². The molecule has 3 aromatic rings. The van der Waals surface area contributed by atoms with Gasteiger partial charge in [0.05, 0.1) is 13.7 Å². The largest absolute Gasteiger partial charge is 0.497 e. The van der Waals surface area contributed by atoms with Gasteiger partial charge in [-0.1, -0.05) is 6.07 Å². The monoisotopic (exact) mass is 396 g/mol. The number of nitrogens with zero attached hydrogens (tertiary/aromatic N) is 1. The lowest BCUT2D eigenvalue weighted by Crippen LogP contribution is -2.37. The number of methoxy groups -OCH3 is 1. The quantitative estimate of drug-likeness (QED) is 0.616. The van der Waals surface area contributed by atoms with Gasteiger partial charge in [0, 0.05) is 36.3 Å². The van der Waals surface area contributed by atoms with Crippen molar-refractivity contribution < 1.29 is 23.5 Å². The Morgan fingerprint density at radius 3 is 2.66 bits per heavy atom. The number of amides is 2. The summed E-state index contributed by atoms with van der Waals surface area (Å²) in [7, 11) is 3.05. The van der Waals surface area contributed by atoms with Gasteiger partial charge in [-0.15, -0.1) is 0 Å². The van der Waals surface area contributed by atoms with Gasteiger partial charge in [-0.25, -0.2) is 4.79 Å². The Hall–Kier alpha value is -3.81. The van der Waals surface area contributed by atoms with Crippen LogP contribution in [0.5, 0.6) is 11.5 Å². The first kappa shape index (κ1) is 19.9. The van der Waals surface area contributed by atoms with Crippen molar-refractivity contribution in [2.75, 3.05) is 32.6 Å². The highest BCUT2D eigenvalue weighted by Gasteiger charge is 2.14. The molecule has 0 aliphatic rings. The molecular weight excluding hydrogens is 376 g/mol. The Labute approximate surface area is 166 Å². The summed E-state index contributed by atoms with van der Waals surface area (Å²) in [4.78, 5) is 37.0. The third-order valence-electron chi connectivity index (χ3n) is 4.12. The molecular formula is C21H20N2O6. The lowest BCUT2D eigenvalue weighted by molar-refractivity contribution is -0.135. The van der Waals surface area contributed by atoms with Crippen LogP contribution in [0.15, 0.2) is 63.8 Å². The van der Waals surface area contributed by atoms with Crippen LogP contribution in [0.4, 0.5) is 5.69 Å². The lowest BCUT2D eigenvalue weighted by atomic mass is 10.2. The number of hydrogen-bond donors (Lipinski definition) is 1. The number of fused-ring (bicyclic) bond motifs is 1. The Morgan fingerprint density at radius 2 is 1.86 bits per heavy atom. The normalized spacial score (nSPS) is 10.4. The zero-order valence-electron chi connectivity index (χ0n) is 16.0. The van der Waals surface area contributed by atoms with E-state index < -0.39 is 5.63 Å². The molecule has 0 unspecified atom stereocenters. The van der Waals surface area contributed by atoms with E-state index in [9.17, 15) is 14.4 Å². The van der Waals surface area contributed by atoms with Gasteiger partial charge in [0.15, 0.2) is 6.61 Å². The standard InChI is InChI=1S/C21H20N2O6/c1-23(12-19(24)22-15-4-3-5-16(10-15)27-2)20(25)13-28-17-8-6-14-7-9-21(26)29-18(14)11-17/h3-11H,12-13H2,1-2H3,(H,22,24). The van der Waals surface area contributed by atoms with Gasteiger partial charge in [0.1, 0.15) is 17.1 Å². The van der Waals surface area contributed by atoms with Crippen LogP contribution in [0.3, 0.4) is 0 Å². The van der Waals surface area contributed by atoms with Crippen LogP contribution < -0.4 is 20.4 Å². The third kappa shape index (κ3) is 5.35. The molecule has 3 rings (SSSR count). The van der Waals surface area contributed by atoms with E-state index in [1.807, 2.05) is 0 Å². The molecule has 2 aromatic carbocycles. The van der Waals surface area contributed by atoms with Crippen molar-refractivity contribution in [3.05, 3.63) is 65.0 Å². The maximum atomic E-state index is 12.2. The first-order valence-corrected chi connectivity index (χ1v) is 8.79. The fourth-order valence-corrected chi connectivity index (χ4v) is 2.59. The molecule has 0 saturated carbocycles. The fraction of sp³-hybridized carbons (Fsp3) is 0.190. The molecule has 2 amide bonds. The molecule has 0 atom stereocenters. The van der Waals surface area contributed by atoms with Crippen LogP contribution >= 0.6 is 0 Å². The van der Waals surface area contributed by atoms with Crippen molar-refractivity contribution in [1.82, 2.24) is 4.90 Å². The molecule has 0 aliphatic heterocycles. The maximum Gasteiger partial charge on any atom is 0.336 e. The number of carbonyl (C=O) groups excluding carboxylic acids is 2. The third-order valence-corrected chi connectivity index (χ3v) is 4.12. The summed E-state index contributed by atoms with van der Waals surface area (Å²) in [5.41, 5.74) is 0.477. The van der Waals surface area contributed by atoms with Crippen molar-refractivity contribution in [1.29, 1.82) is 0 Å². The topological polar surface area (TPSA) is 98.1 Å². The van der Waals surface area contributed by atoms with E-state index in [2.05, 4.69) is 5.32 Å². The van der Waals surface area contributed by atoms with Crippen LogP contribution in [0, 0.1) is 0 Å². The highest BCUT2D eigenvalue weighted by Crippen LogP contribution is 2.19. The average molecular weight is 396 g/mol. The van der Waals surface area contributed by atoms with E-state index in [1.165, 1.54) is 25.1 Å². The first-order valence-electron chi connectivity index (χ1n) is 8.79. The molecule has 150 valence electrons. The number of carbonyl (C=O) groups is 2. The molecule has 1 aromatic heterocycles. The smallest absolute Gasteiger partial charge is 0.336 e. The van der Waals surface area contributed by atoms with E-state index in [1.54, 1.807) is 48.5 Å². The highest BCUT2D eigenvalue weighted by atomic mass is 16.5. The molecule has 29 heavy (non-hydrogen) atoms. The summed E-state index contributed by atoms with van der Waals surface area (Å²) in [6, 6.07) is 14.8. The van der Waals surface area contributed by atoms with E-state index >= 15 is 0 Å². The minimum atomic E-state index is -0.465. The van der Waals surface area contributed by atoms with Crippen LogP contribution in [0.1, 0.15) is 0 Å². The van der Waals surface area contributed by atoms with E-state index in [0.29, 0.717) is 22.8 Å². The maximum absolute atomic E-state index is 12.2. The number of benzene rings is 2. The second-order valence-electron chi connectivity index (χ2n) is 6.27. The van der Waals surface area contributed by atoms with Gasteiger partial charge in [-0.3, -0.25) is 9.59 Å². The molecule has 0 saturated heterocycles. The molecule has 1 N–H and O–H groups in total. The Kier molecular flexibility index (Phi) is 6.13. The van der Waals surface area contributed by atoms with E-state index in [0.717, 1.165) is 5.39 Å². The summed E-state index contributed by atoms with van der Waals surface area (Å²) in [5, 5.41) is 3.45. The Balaban J connectivity index is 1.53. The number of nitrogens with one attached hydrogen (secondary N) is 1. The van der Waals surface area contributed by atoms with Gasteiger partial charge in [0.2, 0.25) is 5.91 Å². The molecule has 0 spiro atoms. The van der Waals surface area contributed by atoms with E-state index in [-0.39, 0.29) is 25.0 Å². The molecule has 0 aliphatic carbocycles. The predicted molar refractivity (Wildman–Crippen MR) is 107 cm³/mol. The average Bonchev–Trinajstić information content (AvgIpc) is 2.71. The van der Waals surface area contributed by atoms with Gasteiger partial charge in [0.25, 0.3) is 5.91 Å². The van der Waals surface area contributed by atoms with Crippen molar-refractivity contribution in [2.45, 2.75) is 0 Å². The lowest BCUT2D eigenvalue weighted by Gasteiger charge is -2.17. The van der Waals surface area contributed by atoms with E-state index in [4.69, 9.17) is 13.9 Å². The van der Waals surface area contributed by atoms with Gasteiger partial charge < -0.3 is 24.1 Å². The minimum absolute atomic E-state index is 0.133. The van der Waals surface area contributed by atoms with Gasteiger partial charge >= 0.3 is 5.63 Å². The molecule has 8 heteroatoms. The van der Waals surface area contributed by atoms with Crippen LogP contribution in [-0.4, -0.2) is 44.0 Å².